The van der Waals surface area contributed by atoms with Gasteiger partial charge in [0.15, 0.2) is 0 Å². The molecule has 2 aromatic carbocycles. The molecule has 0 saturated carbocycles. The number of nitrogens with zero attached hydrogens (tertiary/aromatic N) is 2. The third-order valence-corrected chi connectivity index (χ3v) is 4.72. The van der Waals surface area contributed by atoms with E-state index in [9.17, 15) is 14.0 Å². The average molecular weight is 370 g/mol. The van der Waals surface area contributed by atoms with E-state index in [0.717, 1.165) is 17.7 Å². The van der Waals surface area contributed by atoms with E-state index in [-0.39, 0.29) is 17.6 Å². The Labute approximate surface area is 158 Å². The van der Waals surface area contributed by atoms with E-state index in [1.807, 2.05) is 24.3 Å². The van der Waals surface area contributed by atoms with E-state index in [4.69, 9.17) is 4.74 Å². The molecule has 0 spiro atoms. The normalized spacial score (nSPS) is 14.6. The number of carbonyl (C=O) groups is 2. The number of halogens is 1. The van der Waals surface area contributed by atoms with Gasteiger partial charge in [0.1, 0.15) is 11.6 Å². The molecule has 2 amide bonds. The number of hydrogen-bond donors (Lipinski definition) is 0. The van der Waals surface area contributed by atoms with Crippen LogP contribution >= 0.6 is 0 Å². The van der Waals surface area contributed by atoms with Crippen LogP contribution in [0, 0.1) is 5.82 Å². The molecule has 1 aliphatic rings. The fourth-order valence-corrected chi connectivity index (χ4v) is 3.21. The van der Waals surface area contributed by atoms with Crippen molar-refractivity contribution < 1.29 is 18.7 Å². The summed E-state index contributed by atoms with van der Waals surface area (Å²) >= 11 is 0. The van der Waals surface area contributed by atoms with Crippen LogP contribution in [0.25, 0.3) is 0 Å². The maximum atomic E-state index is 13.0. The summed E-state index contributed by atoms with van der Waals surface area (Å²) in [5.41, 5.74) is 1.37. The molecular weight excluding hydrogens is 347 g/mol. The number of rotatable bonds is 4. The second kappa shape index (κ2) is 8.66. The van der Waals surface area contributed by atoms with Crippen LogP contribution in [-0.4, -0.2) is 54.9 Å². The lowest BCUT2D eigenvalue weighted by Gasteiger charge is -2.22. The van der Waals surface area contributed by atoms with E-state index in [1.165, 1.54) is 24.3 Å². The zero-order valence-electron chi connectivity index (χ0n) is 15.4. The van der Waals surface area contributed by atoms with Gasteiger partial charge in [-0.3, -0.25) is 9.59 Å². The van der Waals surface area contributed by atoms with Gasteiger partial charge < -0.3 is 14.5 Å². The second-order valence-corrected chi connectivity index (χ2v) is 6.56. The van der Waals surface area contributed by atoms with Gasteiger partial charge in [-0.15, -0.1) is 0 Å². The number of methoxy groups -OCH3 is 1. The smallest absolute Gasteiger partial charge is 0.253 e. The summed E-state index contributed by atoms with van der Waals surface area (Å²) in [5, 5.41) is 0. The first-order valence-corrected chi connectivity index (χ1v) is 9.02. The van der Waals surface area contributed by atoms with E-state index >= 15 is 0 Å². The molecular formula is C21H23FN2O3. The monoisotopic (exact) mass is 370 g/mol. The fraction of sp³-hybridized carbons (Fsp3) is 0.333. The van der Waals surface area contributed by atoms with Crippen molar-refractivity contribution in [1.82, 2.24) is 9.80 Å². The molecule has 0 bridgehead atoms. The second-order valence-electron chi connectivity index (χ2n) is 6.56. The first kappa shape index (κ1) is 18.9. The number of amides is 2. The molecule has 0 N–H and O–H groups in total. The summed E-state index contributed by atoms with van der Waals surface area (Å²) in [4.78, 5) is 28.8. The van der Waals surface area contributed by atoms with Crippen molar-refractivity contribution >= 4 is 11.8 Å². The molecule has 1 aliphatic heterocycles. The van der Waals surface area contributed by atoms with Gasteiger partial charge in [-0.1, -0.05) is 12.1 Å². The maximum Gasteiger partial charge on any atom is 0.253 e. The highest BCUT2D eigenvalue weighted by Crippen LogP contribution is 2.15. The van der Waals surface area contributed by atoms with Crippen LogP contribution in [0.5, 0.6) is 5.75 Å². The van der Waals surface area contributed by atoms with Crippen molar-refractivity contribution in [2.75, 3.05) is 33.3 Å². The quantitative estimate of drug-likeness (QED) is 0.832. The number of carbonyl (C=O) groups excluding carboxylic acids is 2. The van der Waals surface area contributed by atoms with Gasteiger partial charge in [-0.05, 0) is 48.4 Å². The molecule has 142 valence electrons. The lowest BCUT2D eigenvalue weighted by atomic mass is 10.1. The van der Waals surface area contributed by atoms with Crippen molar-refractivity contribution in [2.45, 2.75) is 12.8 Å². The predicted octanol–water partition coefficient (Wildman–Crippen LogP) is 2.75. The molecule has 27 heavy (non-hydrogen) atoms. The minimum atomic E-state index is -0.364. The first-order chi connectivity index (χ1) is 13.1. The largest absolute Gasteiger partial charge is 0.497 e. The minimum Gasteiger partial charge on any atom is -0.497 e. The summed E-state index contributed by atoms with van der Waals surface area (Å²) < 4.78 is 18.2. The van der Waals surface area contributed by atoms with Crippen molar-refractivity contribution in [1.29, 1.82) is 0 Å². The van der Waals surface area contributed by atoms with Gasteiger partial charge >= 0.3 is 0 Å². The van der Waals surface area contributed by atoms with Crippen molar-refractivity contribution in [3.63, 3.8) is 0 Å². The van der Waals surface area contributed by atoms with Gasteiger partial charge in [0.05, 0.1) is 13.5 Å². The molecule has 0 aromatic heterocycles. The van der Waals surface area contributed by atoms with Crippen molar-refractivity contribution in [3.8, 4) is 5.75 Å². The zero-order valence-corrected chi connectivity index (χ0v) is 15.4. The van der Waals surface area contributed by atoms with Crippen LogP contribution in [-0.2, 0) is 11.2 Å². The van der Waals surface area contributed by atoms with Crippen molar-refractivity contribution in [2.24, 2.45) is 0 Å². The van der Waals surface area contributed by atoms with E-state index in [0.29, 0.717) is 38.2 Å². The summed E-state index contributed by atoms with van der Waals surface area (Å²) in [7, 11) is 1.60. The summed E-state index contributed by atoms with van der Waals surface area (Å²) in [6.07, 6.45) is 1.03. The molecule has 2 aromatic rings. The molecule has 5 nitrogen and oxygen atoms in total. The molecule has 6 heteroatoms. The Hall–Kier alpha value is -2.89. The van der Waals surface area contributed by atoms with Crippen LogP contribution in [0.1, 0.15) is 22.3 Å². The van der Waals surface area contributed by atoms with E-state index < -0.39 is 0 Å². The Balaban J connectivity index is 1.59. The Kier molecular flexibility index (Phi) is 6.06. The lowest BCUT2D eigenvalue weighted by molar-refractivity contribution is -0.130. The molecule has 0 aliphatic carbocycles. The first-order valence-electron chi connectivity index (χ1n) is 9.02. The van der Waals surface area contributed by atoms with Crippen LogP contribution in [0.3, 0.4) is 0 Å². The molecule has 1 saturated heterocycles. The lowest BCUT2D eigenvalue weighted by Crippen LogP contribution is -2.38. The van der Waals surface area contributed by atoms with E-state index in [1.54, 1.807) is 16.9 Å². The molecule has 3 rings (SSSR count). The fourth-order valence-electron chi connectivity index (χ4n) is 3.21. The Morgan fingerprint density at radius 3 is 2.44 bits per heavy atom. The van der Waals surface area contributed by atoms with Gasteiger partial charge in [-0.25, -0.2) is 4.39 Å². The molecule has 1 heterocycles. The summed E-state index contributed by atoms with van der Waals surface area (Å²) in [6, 6.07) is 13.0. The zero-order chi connectivity index (χ0) is 19.2. The van der Waals surface area contributed by atoms with Crippen LogP contribution in [0.15, 0.2) is 48.5 Å². The Morgan fingerprint density at radius 1 is 1.00 bits per heavy atom. The van der Waals surface area contributed by atoms with Gasteiger partial charge in [0, 0.05) is 31.7 Å². The molecule has 0 unspecified atom stereocenters. The van der Waals surface area contributed by atoms with Gasteiger partial charge in [0.25, 0.3) is 5.91 Å². The van der Waals surface area contributed by atoms with Crippen molar-refractivity contribution in [3.05, 3.63) is 65.5 Å². The number of benzene rings is 2. The number of hydrogen-bond acceptors (Lipinski definition) is 3. The summed E-state index contributed by atoms with van der Waals surface area (Å²) in [5.74, 6) is 0.278. The molecule has 1 fully saturated rings. The topological polar surface area (TPSA) is 49.9 Å². The number of ether oxygens (including phenoxy) is 1. The third kappa shape index (κ3) is 4.84. The molecule has 0 atom stereocenters. The average Bonchev–Trinajstić information content (AvgIpc) is 2.94. The molecule has 0 radical (unpaired) electrons. The Bertz CT molecular complexity index is 807. The highest BCUT2D eigenvalue weighted by Gasteiger charge is 2.23. The maximum absolute atomic E-state index is 13.0. The highest BCUT2D eigenvalue weighted by molar-refractivity contribution is 5.94. The van der Waals surface area contributed by atoms with Crippen LogP contribution < -0.4 is 4.74 Å². The summed E-state index contributed by atoms with van der Waals surface area (Å²) in [6.45, 7) is 2.17. The van der Waals surface area contributed by atoms with Gasteiger partial charge in [-0.2, -0.15) is 0 Å². The standard InChI is InChI=1S/C21H23FN2O3/c1-27-19-5-2-4-16(14-19)15-20(25)23-10-3-11-24(13-12-23)21(26)17-6-8-18(22)9-7-17/h2,4-9,14H,3,10-13,15H2,1H3. The van der Waals surface area contributed by atoms with E-state index in [2.05, 4.69) is 0 Å². The van der Waals surface area contributed by atoms with Crippen LogP contribution in [0.2, 0.25) is 0 Å². The van der Waals surface area contributed by atoms with Gasteiger partial charge in [0.2, 0.25) is 5.91 Å². The minimum absolute atomic E-state index is 0.0411. The third-order valence-electron chi connectivity index (χ3n) is 4.72. The Morgan fingerprint density at radius 2 is 1.70 bits per heavy atom. The highest BCUT2D eigenvalue weighted by atomic mass is 19.1. The van der Waals surface area contributed by atoms with Crippen LogP contribution in [0.4, 0.5) is 4.39 Å². The SMILES string of the molecule is COc1cccc(CC(=O)N2CCCN(C(=O)c3ccc(F)cc3)CC2)c1. The predicted molar refractivity (Wildman–Crippen MR) is 100 cm³/mol.